The van der Waals surface area contributed by atoms with Crippen molar-refractivity contribution >= 4 is 34.9 Å². The molecule has 0 radical (unpaired) electrons. The van der Waals surface area contributed by atoms with Crippen molar-refractivity contribution < 1.29 is 18.8 Å². The zero-order valence-corrected chi connectivity index (χ0v) is 15.4. The molecular weight excluding hydrogens is 372 g/mol. The van der Waals surface area contributed by atoms with Crippen LogP contribution in [0.1, 0.15) is 24.1 Å². The van der Waals surface area contributed by atoms with E-state index in [1.54, 1.807) is 55.5 Å². The molecule has 2 heterocycles. The van der Waals surface area contributed by atoms with Gasteiger partial charge in [0.25, 0.3) is 11.8 Å². The van der Waals surface area contributed by atoms with Crippen LogP contribution in [0.15, 0.2) is 75.6 Å². The van der Waals surface area contributed by atoms with Gasteiger partial charge in [-0.25, -0.2) is 4.79 Å². The number of fused-ring (bicyclic) bond motifs is 1. The molecule has 1 aromatic heterocycles. The molecule has 0 bridgehead atoms. The Balaban J connectivity index is 1.76. The fraction of sp³-hybridized carbons (Fsp3) is 0.0909. The fourth-order valence-electron chi connectivity index (χ4n) is 3.25. The Morgan fingerprint density at radius 3 is 2.41 bits per heavy atom. The van der Waals surface area contributed by atoms with E-state index in [4.69, 9.17) is 4.42 Å². The molecule has 4 rings (SSSR count). The van der Waals surface area contributed by atoms with Crippen molar-refractivity contribution in [1.82, 2.24) is 10.2 Å². The number of amides is 4. The van der Waals surface area contributed by atoms with E-state index in [2.05, 4.69) is 5.32 Å². The molecule has 0 aliphatic carbocycles. The van der Waals surface area contributed by atoms with Crippen LogP contribution in [-0.2, 0) is 9.59 Å². The van der Waals surface area contributed by atoms with Crippen molar-refractivity contribution in [3.05, 3.63) is 87.8 Å². The lowest BCUT2D eigenvalue weighted by Gasteiger charge is -2.31. The number of para-hydroxylation sites is 1. The summed E-state index contributed by atoms with van der Waals surface area (Å²) in [7, 11) is 0. The quantitative estimate of drug-likeness (QED) is 0.550. The first-order valence-corrected chi connectivity index (χ1v) is 8.93. The van der Waals surface area contributed by atoms with Crippen molar-refractivity contribution in [2.24, 2.45) is 0 Å². The predicted octanol–water partition coefficient (Wildman–Crippen LogP) is 3.02. The van der Waals surface area contributed by atoms with Crippen LogP contribution in [0, 0.1) is 0 Å². The monoisotopic (exact) mass is 388 g/mol. The Morgan fingerprint density at radius 1 is 0.966 bits per heavy atom. The van der Waals surface area contributed by atoms with Crippen LogP contribution >= 0.6 is 0 Å². The van der Waals surface area contributed by atoms with Gasteiger partial charge in [-0.15, -0.1) is 0 Å². The van der Waals surface area contributed by atoms with Crippen LogP contribution in [0.4, 0.5) is 4.79 Å². The molecule has 7 nitrogen and oxygen atoms in total. The minimum atomic E-state index is -0.857. The zero-order valence-electron chi connectivity index (χ0n) is 15.4. The molecule has 1 aliphatic heterocycles. The molecule has 29 heavy (non-hydrogen) atoms. The second-order valence-corrected chi connectivity index (χ2v) is 6.60. The van der Waals surface area contributed by atoms with E-state index in [-0.39, 0.29) is 16.6 Å². The molecular formula is C22H16N2O5. The third kappa shape index (κ3) is 3.23. The number of benzene rings is 2. The maximum Gasteiger partial charge on any atom is 0.331 e. The van der Waals surface area contributed by atoms with E-state index < -0.39 is 23.9 Å². The Bertz CT molecular complexity index is 1230. The van der Waals surface area contributed by atoms with E-state index in [0.29, 0.717) is 11.0 Å². The summed E-state index contributed by atoms with van der Waals surface area (Å²) < 4.78 is 5.43. The molecule has 1 aliphatic rings. The number of rotatable bonds is 3. The first-order chi connectivity index (χ1) is 14.0. The molecule has 144 valence electrons. The number of barbiturate groups is 1. The van der Waals surface area contributed by atoms with E-state index in [1.807, 2.05) is 6.07 Å². The molecule has 3 aromatic rings. The van der Waals surface area contributed by atoms with Gasteiger partial charge in [0.05, 0.1) is 17.0 Å². The number of hydrogen-bond acceptors (Lipinski definition) is 5. The third-order valence-electron chi connectivity index (χ3n) is 4.81. The van der Waals surface area contributed by atoms with Gasteiger partial charge < -0.3 is 4.42 Å². The largest absolute Gasteiger partial charge is 0.463 e. The average molecular weight is 388 g/mol. The topological polar surface area (TPSA) is 96.7 Å². The first-order valence-electron chi connectivity index (χ1n) is 8.93. The van der Waals surface area contributed by atoms with Crippen molar-refractivity contribution in [3.8, 4) is 0 Å². The number of carbonyl (C=O) groups excluding carboxylic acids is 3. The molecule has 1 saturated heterocycles. The number of urea groups is 1. The number of carbonyl (C=O) groups is 3. The highest BCUT2D eigenvalue weighted by molar-refractivity contribution is 6.31. The summed E-state index contributed by atoms with van der Waals surface area (Å²) in [6, 6.07) is 14.2. The number of nitrogens with zero attached hydrogens (tertiary/aromatic N) is 1. The fourth-order valence-corrected chi connectivity index (χ4v) is 3.25. The second-order valence-electron chi connectivity index (χ2n) is 6.60. The summed E-state index contributed by atoms with van der Waals surface area (Å²) >= 11 is 0. The van der Waals surface area contributed by atoms with Crippen molar-refractivity contribution in [3.63, 3.8) is 0 Å². The van der Waals surface area contributed by atoms with Crippen molar-refractivity contribution in [1.29, 1.82) is 0 Å². The molecule has 4 amide bonds. The highest BCUT2D eigenvalue weighted by Crippen LogP contribution is 2.25. The average Bonchev–Trinajstić information content (AvgIpc) is 2.73. The summed E-state index contributed by atoms with van der Waals surface area (Å²) in [6.07, 6.45) is 2.35. The Labute approximate surface area is 165 Å². The van der Waals surface area contributed by atoms with Gasteiger partial charge >= 0.3 is 6.03 Å². The summed E-state index contributed by atoms with van der Waals surface area (Å²) in [5.74, 6) is -1.63. The molecule has 7 heteroatoms. The van der Waals surface area contributed by atoms with Crippen LogP contribution < -0.4 is 10.7 Å². The van der Waals surface area contributed by atoms with Gasteiger partial charge in [-0.1, -0.05) is 42.5 Å². The molecule has 1 fully saturated rings. The highest BCUT2D eigenvalue weighted by atomic mass is 16.3. The lowest BCUT2D eigenvalue weighted by molar-refractivity contribution is -0.131. The molecule has 0 saturated carbocycles. The lowest BCUT2D eigenvalue weighted by Crippen LogP contribution is -2.54. The van der Waals surface area contributed by atoms with E-state index >= 15 is 0 Å². The maximum atomic E-state index is 13.0. The van der Waals surface area contributed by atoms with Gasteiger partial charge in [-0.3, -0.25) is 24.6 Å². The van der Waals surface area contributed by atoms with Gasteiger partial charge in [0, 0.05) is 0 Å². The normalized spacial score (nSPS) is 16.9. The molecule has 2 aromatic carbocycles. The Hall–Kier alpha value is -4.00. The highest BCUT2D eigenvalue weighted by Gasteiger charge is 2.39. The summed E-state index contributed by atoms with van der Waals surface area (Å²) in [6.45, 7) is 1.69. The van der Waals surface area contributed by atoms with Gasteiger partial charge in [-0.05, 0) is 30.7 Å². The van der Waals surface area contributed by atoms with Gasteiger partial charge in [0.1, 0.15) is 17.4 Å². The third-order valence-corrected chi connectivity index (χ3v) is 4.81. The van der Waals surface area contributed by atoms with Crippen molar-refractivity contribution in [2.75, 3.05) is 0 Å². The van der Waals surface area contributed by atoms with Gasteiger partial charge in [0.15, 0.2) is 5.43 Å². The predicted molar refractivity (Wildman–Crippen MR) is 106 cm³/mol. The lowest BCUT2D eigenvalue weighted by atomic mass is 10.0. The Kier molecular flexibility index (Phi) is 4.56. The molecule has 0 spiro atoms. The SMILES string of the molecule is C[C@@H](c1ccccc1)N1C(=O)NC(=O)/C(=C/c2coc3ccccc3c2=O)C1=O. The number of nitrogens with one attached hydrogen (secondary N) is 1. The van der Waals surface area contributed by atoms with E-state index in [0.717, 1.165) is 16.5 Å². The minimum Gasteiger partial charge on any atom is -0.463 e. The summed E-state index contributed by atoms with van der Waals surface area (Å²) in [5.41, 5.74) is 0.488. The number of imide groups is 2. The van der Waals surface area contributed by atoms with E-state index in [1.165, 1.54) is 6.26 Å². The molecule has 0 unspecified atom stereocenters. The van der Waals surface area contributed by atoms with E-state index in [9.17, 15) is 19.2 Å². The maximum absolute atomic E-state index is 13.0. The van der Waals surface area contributed by atoms with Crippen LogP contribution in [0.3, 0.4) is 0 Å². The molecule has 1 atom stereocenters. The second kappa shape index (κ2) is 7.20. The van der Waals surface area contributed by atoms with Crippen LogP contribution in [-0.4, -0.2) is 22.7 Å². The minimum absolute atomic E-state index is 0.0452. The van der Waals surface area contributed by atoms with Crippen molar-refractivity contribution in [2.45, 2.75) is 13.0 Å². The number of hydrogen-bond donors (Lipinski definition) is 1. The first kappa shape index (κ1) is 18.4. The summed E-state index contributed by atoms with van der Waals surface area (Å²) in [5, 5.41) is 2.49. The van der Waals surface area contributed by atoms with Crippen LogP contribution in [0.25, 0.3) is 17.0 Å². The van der Waals surface area contributed by atoms with Crippen LogP contribution in [0.2, 0.25) is 0 Å². The standard InChI is InChI=1S/C22H16N2O5/c1-13(14-7-3-2-4-8-14)24-21(27)17(20(26)23-22(24)28)11-15-12-29-18-10-6-5-9-16(18)19(15)25/h2-13H,1H3,(H,23,26,28)/b17-11-/t13-/m0/s1. The molecule has 1 N–H and O–H groups in total. The smallest absolute Gasteiger partial charge is 0.331 e. The summed E-state index contributed by atoms with van der Waals surface area (Å²) in [4.78, 5) is 51.3. The van der Waals surface area contributed by atoms with Gasteiger partial charge in [-0.2, -0.15) is 0 Å². The van der Waals surface area contributed by atoms with Gasteiger partial charge in [0.2, 0.25) is 0 Å². The Morgan fingerprint density at radius 2 is 1.66 bits per heavy atom. The van der Waals surface area contributed by atoms with Crippen LogP contribution in [0.5, 0.6) is 0 Å². The zero-order chi connectivity index (χ0) is 20.5.